The molecule has 4 heteroatoms. The molecule has 0 heterocycles. The first-order valence-corrected chi connectivity index (χ1v) is 8.27. The summed E-state index contributed by atoms with van der Waals surface area (Å²) >= 11 is 0. The van der Waals surface area contributed by atoms with Gasteiger partial charge in [0.15, 0.2) is 0 Å². The van der Waals surface area contributed by atoms with Crippen molar-refractivity contribution in [2.45, 2.75) is 45.2 Å². The highest BCUT2D eigenvalue weighted by Gasteiger charge is 2.22. The molecule has 1 aromatic rings. The summed E-state index contributed by atoms with van der Waals surface area (Å²) < 4.78 is 0. The molecule has 1 aromatic carbocycles. The molecular formula is C19H25N3O. The first-order chi connectivity index (χ1) is 11.1. The van der Waals surface area contributed by atoms with Crippen LogP contribution in [0.2, 0.25) is 0 Å². The Bertz CT molecular complexity index is 583. The molecule has 0 aromatic heterocycles. The standard InChI is InChI=1S/C19H25N3O/c1-3-11-22(14-17-6-4-5-16(12-17)13-20)19(23)21-18-9-7-15(2)8-10-18/h3-6,12,15,18H,1,7-11,14H2,2H3,(H,21,23). The van der Waals surface area contributed by atoms with Gasteiger partial charge in [0.1, 0.15) is 0 Å². The smallest absolute Gasteiger partial charge is 0.318 e. The number of carbonyl (C=O) groups is 1. The van der Waals surface area contributed by atoms with Gasteiger partial charge in [-0.25, -0.2) is 4.79 Å². The van der Waals surface area contributed by atoms with E-state index in [1.165, 1.54) is 12.8 Å². The first kappa shape index (κ1) is 17.1. The summed E-state index contributed by atoms with van der Waals surface area (Å²) in [6.07, 6.45) is 6.20. The number of nitrogens with one attached hydrogen (secondary N) is 1. The van der Waals surface area contributed by atoms with Gasteiger partial charge in [0, 0.05) is 19.1 Å². The lowest BCUT2D eigenvalue weighted by molar-refractivity contribution is 0.190. The minimum atomic E-state index is -0.0492. The van der Waals surface area contributed by atoms with Gasteiger partial charge in [0.05, 0.1) is 11.6 Å². The van der Waals surface area contributed by atoms with Gasteiger partial charge in [-0.05, 0) is 49.3 Å². The number of rotatable bonds is 5. The lowest BCUT2D eigenvalue weighted by atomic mass is 9.87. The molecule has 1 saturated carbocycles. The number of nitrogens with zero attached hydrogens (tertiary/aromatic N) is 2. The normalized spacial score (nSPS) is 20.3. The number of amides is 2. The predicted molar refractivity (Wildman–Crippen MR) is 91.7 cm³/mol. The molecule has 0 spiro atoms. The van der Waals surface area contributed by atoms with Gasteiger partial charge < -0.3 is 10.2 Å². The number of hydrogen-bond donors (Lipinski definition) is 1. The maximum atomic E-state index is 12.5. The van der Waals surface area contributed by atoms with E-state index < -0.39 is 0 Å². The number of hydrogen-bond acceptors (Lipinski definition) is 2. The van der Waals surface area contributed by atoms with Crippen LogP contribution in [0.1, 0.15) is 43.7 Å². The Balaban J connectivity index is 1.98. The second kappa shape index (κ2) is 8.38. The van der Waals surface area contributed by atoms with E-state index in [0.717, 1.165) is 24.3 Å². The lowest BCUT2D eigenvalue weighted by Crippen LogP contribution is -2.45. The van der Waals surface area contributed by atoms with Crippen molar-refractivity contribution >= 4 is 6.03 Å². The molecule has 0 atom stereocenters. The molecule has 0 unspecified atom stereocenters. The maximum Gasteiger partial charge on any atom is 0.318 e. The van der Waals surface area contributed by atoms with Crippen molar-refractivity contribution in [3.8, 4) is 6.07 Å². The molecule has 4 nitrogen and oxygen atoms in total. The van der Waals surface area contributed by atoms with Crippen LogP contribution < -0.4 is 5.32 Å². The highest BCUT2D eigenvalue weighted by Crippen LogP contribution is 2.23. The van der Waals surface area contributed by atoms with Crippen molar-refractivity contribution in [2.24, 2.45) is 5.92 Å². The van der Waals surface area contributed by atoms with Crippen LogP contribution in [0, 0.1) is 17.2 Å². The molecule has 0 aliphatic heterocycles. The summed E-state index contributed by atoms with van der Waals surface area (Å²) in [6, 6.07) is 9.74. The summed E-state index contributed by atoms with van der Waals surface area (Å²) in [5.41, 5.74) is 1.57. The zero-order valence-corrected chi connectivity index (χ0v) is 13.8. The average molecular weight is 311 g/mol. The fraction of sp³-hybridized carbons (Fsp3) is 0.474. The number of benzene rings is 1. The van der Waals surface area contributed by atoms with Gasteiger partial charge in [-0.2, -0.15) is 5.26 Å². The lowest BCUT2D eigenvalue weighted by Gasteiger charge is -2.30. The highest BCUT2D eigenvalue weighted by atomic mass is 16.2. The van der Waals surface area contributed by atoms with Gasteiger partial charge in [0.25, 0.3) is 0 Å². The molecular weight excluding hydrogens is 286 g/mol. The van der Waals surface area contributed by atoms with Gasteiger partial charge in [-0.3, -0.25) is 0 Å². The Labute approximate surface area is 138 Å². The van der Waals surface area contributed by atoms with E-state index in [9.17, 15) is 4.79 Å². The molecule has 1 fully saturated rings. The fourth-order valence-corrected chi connectivity index (χ4v) is 3.01. The summed E-state index contributed by atoms with van der Waals surface area (Å²) in [5.74, 6) is 0.765. The van der Waals surface area contributed by atoms with E-state index in [1.54, 1.807) is 17.0 Å². The van der Waals surface area contributed by atoms with Crippen LogP contribution in [-0.2, 0) is 6.54 Å². The highest BCUT2D eigenvalue weighted by molar-refractivity contribution is 5.74. The van der Waals surface area contributed by atoms with Gasteiger partial charge in [-0.1, -0.05) is 25.1 Å². The van der Waals surface area contributed by atoms with Crippen LogP contribution in [0.3, 0.4) is 0 Å². The van der Waals surface area contributed by atoms with Crippen LogP contribution in [0.5, 0.6) is 0 Å². The van der Waals surface area contributed by atoms with Crippen molar-refractivity contribution in [1.82, 2.24) is 10.2 Å². The summed E-state index contributed by atoms with van der Waals surface area (Å²) in [6.45, 7) is 6.98. The van der Waals surface area contributed by atoms with E-state index in [1.807, 2.05) is 18.2 Å². The van der Waals surface area contributed by atoms with Crippen molar-refractivity contribution in [3.05, 3.63) is 48.0 Å². The molecule has 2 amide bonds. The quantitative estimate of drug-likeness (QED) is 0.840. The summed E-state index contributed by atoms with van der Waals surface area (Å²) in [5, 5.41) is 12.1. The van der Waals surface area contributed by atoms with E-state index in [-0.39, 0.29) is 12.1 Å². The fourth-order valence-electron chi connectivity index (χ4n) is 3.01. The van der Waals surface area contributed by atoms with Gasteiger partial charge in [0.2, 0.25) is 0 Å². The van der Waals surface area contributed by atoms with E-state index >= 15 is 0 Å². The van der Waals surface area contributed by atoms with Gasteiger partial charge >= 0.3 is 6.03 Å². The Morgan fingerprint density at radius 1 is 1.43 bits per heavy atom. The Morgan fingerprint density at radius 2 is 2.17 bits per heavy atom. The molecule has 0 saturated heterocycles. The third-order valence-electron chi connectivity index (χ3n) is 4.41. The van der Waals surface area contributed by atoms with Crippen LogP contribution in [-0.4, -0.2) is 23.5 Å². The molecule has 1 N–H and O–H groups in total. The SMILES string of the molecule is C=CCN(Cc1cccc(C#N)c1)C(=O)NC1CCC(C)CC1. The zero-order chi connectivity index (χ0) is 16.7. The monoisotopic (exact) mass is 311 g/mol. The largest absolute Gasteiger partial charge is 0.335 e. The molecule has 23 heavy (non-hydrogen) atoms. The second-order valence-electron chi connectivity index (χ2n) is 6.39. The number of urea groups is 1. The van der Waals surface area contributed by atoms with Crippen molar-refractivity contribution in [3.63, 3.8) is 0 Å². The summed E-state index contributed by atoms with van der Waals surface area (Å²) in [4.78, 5) is 14.3. The van der Waals surface area contributed by atoms with E-state index in [4.69, 9.17) is 5.26 Å². The summed E-state index contributed by atoms with van der Waals surface area (Å²) in [7, 11) is 0. The number of nitriles is 1. The van der Waals surface area contributed by atoms with E-state index in [2.05, 4.69) is 24.9 Å². The van der Waals surface area contributed by atoms with Crippen LogP contribution in [0.25, 0.3) is 0 Å². The number of carbonyl (C=O) groups excluding carboxylic acids is 1. The zero-order valence-electron chi connectivity index (χ0n) is 13.8. The van der Waals surface area contributed by atoms with Crippen molar-refractivity contribution in [2.75, 3.05) is 6.54 Å². The van der Waals surface area contributed by atoms with Crippen LogP contribution in [0.15, 0.2) is 36.9 Å². The first-order valence-electron chi connectivity index (χ1n) is 8.27. The van der Waals surface area contributed by atoms with Crippen molar-refractivity contribution in [1.29, 1.82) is 5.26 Å². The molecule has 0 radical (unpaired) electrons. The predicted octanol–water partition coefficient (Wildman–Crippen LogP) is 3.83. The average Bonchev–Trinajstić information content (AvgIpc) is 2.56. The minimum absolute atomic E-state index is 0.0492. The van der Waals surface area contributed by atoms with Crippen LogP contribution >= 0.6 is 0 Å². The van der Waals surface area contributed by atoms with Gasteiger partial charge in [-0.15, -0.1) is 6.58 Å². The minimum Gasteiger partial charge on any atom is -0.335 e. The Kier molecular flexibility index (Phi) is 6.22. The molecule has 0 bridgehead atoms. The molecule has 1 aliphatic carbocycles. The van der Waals surface area contributed by atoms with E-state index in [0.29, 0.717) is 18.7 Å². The molecule has 2 rings (SSSR count). The Hall–Kier alpha value is -2.28. The van der Waals surface area contributed by atoms with Crippen molar-refractivity contribution < 1.29 is 4.79 Å². The molecule has 122 valence electrons. The van der Waals surface area contributed by atoms with Crippen LogP contribution in [0.4, 0.5) is 4.79 Å². The molecule has 1 aliphatic rings. The Morgan fingerprint density at radius 3 is 2.83 bits per heavy atom. The third-order valence-corrected chi connectivity index (χ3v) is 4.41. The topological polar surface area (TPSA) is 56.1 Å². The second-order valence-corrected chi connectivity index (χ2v) is 6.39. The third kappa shape index (κ3) is 5.14. The maximum absolute atomic E-state index is 12.5.